The normalized spacial score (nSPS) is 31.6. The smallest absolute Gasteiger partial charge is 0.244 e. The summed E-state index contributed by atoms with van der Waals surface area (Å²) >= 11 is 1.76. The van der Waals surface area contributed by atoms with E-state index < -0.39 is 0 Å². The molecule has 84 valence electrons. The summed E-state index contributed by atoms with van der Waals surface area (Å²) in [6.45, 7) is 8.55. The fraction of sp³-hybridized carbons (Fsp3) is 0.818. The fourth-order valence-electron chi connectivity index (χ4n) is 1.92. The molecule has 0 saturated carbocycles. The van der Waals surface area contributed by atoms with Gasteiger partial charge in [0.1, 0.15) is 9.91 Å². The summed E-state index contributed by atoms with van der Waals surface area (Å²) in [5.41, 5.74) is 0.0469. The van der Waals surface area contributed by atoms with Gasteiger partial charge in [0.15, 0.2) is 0 Å². The molecule has 0 bridgehead atoms. The highest BCUT2D eigenvalue weighted by atomic mass is 32.2. The Labute approximate surface area is 95.3 Å². The van der Waals surface area contributed by atoms with Crippen molar-refractivity contribution in [2.45, 2.75) is 51.8 Å². The minimum absolute atomic E-state index is 0.0469. The van der Waals surface area contributed by atoms with Crippen molar-refractivity contribution >= 4 is 22.7 Å². The van der Waals surface area contributed by atoms with E-state index in [1.165, 1.54) is 0 Å². The van der Waals surface area contributed by atoms with Crippen molar-refractivity contribution in [3.05, 3.63) is 0 Å². The van der Waals surface area contributed by atoms with E-state index in [2.05, 4.69) is 32.8 Å². The van der Waals surface area contributed by atoms with Gasteiger partial charge < -0.3 is 0 Å². The van der Waals surface area contributed by atoms with Crippen molar-refractivity contribution in [2.75, 3.05) is 0 Å². The van der Waals surface area contributed by atoms with Crippen molar-refractivity contribution in [1.29, 1.82) is 0 Å². The first-order valence-corrected chi connectivity index (χ1v) is 6.26. The van der Waals surface area contributed by atoms with E-state index in [1.807, 2.05) is 0 Å². The van der Waals surface area contributed by atoms with Crippen LogP contribution in [0.25, 0.3) is 0 Å². The highest BCUT2D eigenvalue weighted by Gasteiger charge is 2.47. The molecule has 1 fully saturated rings. The molecule has 1 saturated heterocycles. The molecule has 1 unspecified atom stereocenters. The maximum atomic E-state index is 11.8. The van der Waals surface area contributed by atoms with E-state index in [0.717, 1.165) is 17.9 Å². The molecular weight excluding hydrogens is 208 g/mol. The van der Waals surface area contributed by atoms with E-state index in [4.69, 9.17) is 0 Å². The number of nitrogens with zero attached hydrogens (tertiary/aromatic N) is 2. The molecule has 0 aromatic carbocycles. The first-order chi connectivity index (χ1) is 6.83. The number of fused-ring (bicyclic) bond motifs is 1. The summed E-state index contributed by atoms with van der Waals surface area (Å²) in [5.74, 6) is 0.176. The Morgan fingerprint density at radius 1 is 1.47 bits per heavy atom. The van der Waals surface area contributed by atoms with Crippen LogP contribution in [0.4, 0.5) is 0 Å². The zero-order chi connectivity index (χ0) is 11.3. The summed E-state index contributed by atoms with van der Waals surface area (Å²) in [5, 5.41) is 7.29. The van der Waals surface area contributed by atoms with Gasteiger partial charge in [-0.05, 0) is 19.8 Å². The van der Waals surface area contributed by atoms with E-state index in [0.29, 0.717) is 6.42 Å². The highest BCUT2D eigenvalue weighted by molar-refractivity contribution is 8.15. The Morgan fingerprint density at radius 3 is 2.67 bits per heavy atom. The van der Waals surface area contributed by atoms with E-state index in [9.17, 15) is 4.79 Å². The third kappa shape index (κ3) is 1.80. The SMILES string of the molecule is CC(C)(C)C1=NN2C(=O)CCCC2(C)S1. The zero-order valence-electron chi connectivity index (χ0n) is 9.83. The number of rotatable bonds is 0. The standard InChI is InChI=1S/C11H18N2OS/c1-10(2,3)9-12-13-8(14)6-5-7-11(13,4)15-9/h5-7H2,1-4H3. The third-order valence-electron chi connectivity index (χ3n) is 2.86. The summed E-state index contributed by atoms with van der Waals surface area (Å²) in [6, 6.07) is 0. The minimum Gasteiger partial charge on any atom is -0.273 e. The lowest BCUT2D eigenvalue weighted by Crippen LogP contribution is -2.44. The molecule has 0 aliphatic carbocycles. The van der Waals surface area contributed by atoms with Crippen LogP contribution < -0.4 is 0 Å². The largest absolute Gasteiger partial charge is 0.273 e. The molecule has 1 amide bonds. The van der Waals surface area contributed by atoms with Crippen molar-refractivity contribution in [2.24, 2.45) is 10.5 Å². The van der Waals surface area contributed by atoms with Crippen molar-refractivity contribution in [3.63, 3.8) is 0 Å². The maximum absolute atomic E-state index is 11.8. The number of piperidine rings is 1. The Balaban J connectivity index is 2.30. The molecule has 0 aromatic rings. The van der Waals surface area contributed by atoms with Gasteiger partial charge in [0.2, 0.25) is 5.91 Å². The van der Waals surface area contributed by atoms with Gasteiger partial charge in [-0.15, -0.1) is 0 Å². The molecule has 15 heavy (non-hydrogen) atoms. The van der Waals surface area contributed by atoms with Crippen LogP contribution in [0.3, 0.4) is 0 Å². The van der Waals surface area contributed by atoms with Gasteiger partial charge in [-0.25, -0.2) is 5.01 Å². The van der Waals surface area contributed by atoms with Gasteiger partial charge in [-0.2, -0.15) is 5.10 Å². The number of hydrogen-bond donors (Lipinski definition) is 0. The number of carbonyl (C=O) groups is 1. The topological polar surface area (TPSA) is 32.7 Å². The van der Waals surface area contributed by atoms with Crippen LogP contribution in [-0.4, -0.2) is 20.8 Å². The minimum atomic E-state index is -0.113. The first kappa shape index (κ1) is 11.0. The summed E-state index contributed by atoms with van der Waals surface area (Å²) in [7, 11) is 0. The monoisotopic (exact) mass is 226 g/mol. The predicted octanol–water partition coefficient (Wildman–Crippen LogP) is 2.82. The van der Waals surface area contributed by atoms with Crippen LogP contribution in [0.15, 0.2) is 5.10 Å². The number of amides is 1. The number of thioether (sulfide) groups is 1. The Morgan fingerprint density at radius 2 is 2.13 bits per heavy atom. The zero-order valence-corrected chi connectivity index (χ0v) is 10.6. The average Bonchev–Trinajstić information content (AvgIpc) is 2.43. The lowest BCUT2D eigenvalue weighted by molar-refractivity contribution is -0.136. The summed E-state index contributed by atoms with van der Waals surface area (Å²) in [6.07, 6.45) is 2.69. The van der Waals surface area contributed by atoms with Crippen LogP contribution in [0, 0.1) is 5.41 Å². The lowest BCUT2D eigenvalue weighted by atomic mass is 9.99. The molecular formula is C11H18N2OS. The van der Waals surface area contributed by atoms with Crippen molar-refractivity contribution < 1.29 is 4.79 Å². The number of carbonyl (C=O) groups excluding carboxylic acids is 1. The molecule has 3 nitrogen and oxygen atoms in total. The summed E-state index contributed by atoms with van der Waals surface area (Å²) < 4.78 is 0. The van der Waals surface area contributed by atoms with Crippen LogP contribution in [0.1, 0.15) is 47.0 Å². The van der Waals surface area contributed by atoms with E-state index in [-0.39, 0.29) is 16.2 Å². The van der Waals surface area contributed by atoms with Crippen LogP contribution in [-0.2, 0) is 4.79 Å². The molecule has 2 rings (SSSR count). The van der Waals surface area contributed by atoms with E-state index in [1.54, 1.807) is 16.8 Å². The number of hydrazone groups is 1. The molecule has 2 aliphatic heterocycles. The molecule has 0 radical (unpaired) electrons. The molecule has 0 N–H and O–H groups in total. The predicted molar refractivity (Wildman–Crippen MR) is 63.6 cm³/mol. The quantitative estimate of drug-likeness (QED) is 0.636. The van der Waals surface area contributed by atoms with Crippen molar-refractivity contribution in [1.82, 2.24) is 5.01 Å². The maximum Gasteiger partial charge on any atom is 0.244 e. The molecule has 1 atom stereocenters. The number of hydrogen-bond acceptors (Lipinski definition) is 3. The average molecular weight is 226 g/mol. The Kier molecular flexibility index (Phi) is 2.37. The van der Waals surface area contributed by atoms with Gasteiger partial charge in [-0.1, -0.05) is 32.5 Å². The molecule has 4 heteroatoms. The molecule has 0 spiro atoms. The van der Waals surface area contributed by atoms with Crippen LogP contribution in [0.2, 0.25) is 0 Å². The first-order valence-electron chi connectivity index (χ1n) is 5.44. The van der Waals surface area contributed by atoms with Gasteiger partial charge >= 0.3 is 0 Å². The van der Waals surface area contributed by atoms with Crippen LogP contribution in [0.5, 0.6) is 0 Å². The highest BCUT2D eigenvalue weighted by Crippen LogP contribution is 2.47. The second kappa shape index (κ2) is 3.24. The summed E-state index contributed by atoms with van der Waals surface area (Å²) in [4.78, 5) is 11.6. The lowest BCUT2D eigenvalue weighted by Gasteiger charge is -2.35. The Bertz CT molecular complexity index is 332. The molecule has 2 aliphatic rings. The van der Waals surface area contributed by atoms with Gasteiger partial charge in [0, 0.05) is 11.8 Å². The van der Waals surface area contributed by atoms with Gasteiger partial charge in [0.05, 0.1) is 0 Å². The molecule has 2 heterocycles. The van der Waals surface area contributed by atoms with E-state index >= 15 is 0 Å². The van der Waals surface area contributed by atoms with Gasteiger partial charge in [0.25, 0.3) is 0 Å². The van der Waals surface area contributed by atoms with Gasteiger partial charge in [-0.3, -0.25) is 4.79 Å². The fourth-order valence-corrected chi connectivity index (χ4v) is 3.24. The third-order valence-corrected chi connectivity index (χ3v) is 4.57. The second-order valence-electron chi connectivity index (χ2n) is 5.49. The Hall–Kier alpha value is -0.510. The van der Waals surface area contributed by atoms with Crippen molar-refractivity contribution in [3.8, 4) is 0 Å². The van der Waals surface area contributed by atoms with Crippen LogP contribution >= 0.6 is 11.8 Å². The molecule has 0 aromatic heterocycles. The second-order valence-corrected chi connectivity index (χ2v) is 6.96.